The lowest BCUT2D eigenvalue weighted by atomic mass is 9.91. The van der Waals surface area contributed by atoms with E-state index in [-0.39, 0.29) is 44.7 Å². The van der Waals surface area contributed by atoms with E-state index in [0.717, 1.165) is 22.6 Å². The molecule has 18 heteroatoms. The van der Waals surface area contributed by atoms with Gasteiger partial charge in [-0.1, -0.05) is 59.6 Å². The molecular weight excluding hydrogens is 970 g/mol. The molecule has 0 aliphatic carbocycles. The fourth-order valence-electron chi connectivity index (χ4n) is 8.90. The number of methoxy groups -OCH3 is 1. The van der Waals surface area contributed by atoms with E-state index >= 15 is 4.79 Å². The van der Waals surface area contributed by atoms with Crippen molar-refractivity contribution in [3.8, 4) is 28.8 Å². The molecule has 4 aromatic carbocycles. The molecule has 0 bridgehead atoms. The molecular formula is C55H65Cl2N9O7. The number of nitrogens with one attached hydrogen (secondary N) is 2. The lowest BCUT2D eigenvalue weighted by molar-refractivity contribution is -0.147. The first-order valence-electron chi connectivity index (χ1n) is 24.1. The Bertz CT molecular complexity index is 2800. The average Bonchev–Trinajstić information content (AvgIpc) is 3.72. The topological polar surface area (TPSA) is 182 Å². The van der Waals surface area contributed by atoms with Crippen LogP contribution in [0.5, 0.6) is 11.5 Å². The van der Waals surface area contributed by atoms with Crippen LogP contribution in [0.3, 0.4) is 0 Å². The Balaban J connectivity index is 1.40. The highest BCUT2D eigenvalue weighted by Crippen LogP contribution is 2.33. The molecule has 6 rings (SSSR count). The largest absolute Gasteiger partial charge is 0.457 e. The van der Waals surface area contributed by atoms with Gasteiger partial charge < -0.3 is 44.3 Å². The predicted molar refractivity (Wildman–Crippen MR) is 281 cm³/mol. The van der Waals surface area contributed by atoms with Crippen LogP contribution in [0.1, 0.15) is 61.7 Å². The van der Waals surface area contributed by atoms with Gasteiger partial charge in [-0.15, -0.1) is 0 Å². The van der Waals surface area contributed by atoms with Gasteiger partial charge in [-0.05, 0) is 113 Å². The summed E-state index contributed by atoms with van der Waals surface area (Å²) in [5, 5.41) is 16.8. The third kappa shape index (κ3) is 14.3. The number of amides is 5. The number of nitrogens with zero attached hydrogens (tertiary/aromatic N) is 7. The first-order chi connectivity index (χ1) is 34.8. The molecule has 16 nitrogen and oxygen atoms in total. The van der Waals surface area contributed by atoms with Gasteiger partial charge in [0.15, 0.2) is 0 Å². The maximum atomic E-state index is 15.2. The number of aromatic nitrogens is 2. The summed E-state index contributed by atoms with van der Waals surface area (Å²) >= 11 is 12.8. The summed E-state index contributed by atoms with van der Waals surface area (Å²) in [5.74, 6) is -1.86. The number of ether oxygens (including phenoxy) is 2. The molecule has 1 aliphatic heterocycles. The fourth-order valence-corrected chi connectivity index (χ4v) is 9.19. The molecule has 2 heterocycles. The number of carbonyl (C=O) groups is 5. The molecule has 386 valence electrons. The molecule has 73 heavy (non-hydrogen) atoms. The number of benzene rings is 4. The first kappa shape index (κ1) is 55.5. The quantitative estimate of drug-likeness (QED) is 0.124. The van der Waals surface area contributed by atoms with Gasteiger partial charge in [-0.3, -0.25) is 24.0 Å². The Kier molecular flexibility index (Phi) is 19.2. The highest BCUT2D eigenvalue weighted by molar-refractivity contribution is 6.31. The molecule has 5 amide bonds. The van der Waals surface area contributed by atoms with Crippen molar-refractivity contribution in [3.05, 3.63) is 135 Å². The standard InChI is InChI=1S/C55H65Cl2N9O7/c1-34-35(2)63(6)54(70)42(25-39-12-10-11-13-40(39)29-58)26-52(68)66(31-41-16-21-44(57)27-49(41)73-46-22-17-38(18-23-46)48-30-59-50(65(48)8)32-62(4)5)36(3)53(69)61-47(33-72-9)55(71)64(7)45(28-51(67)60-34)24-37-14-19-43(56)20-15-37/h10-23,27,30,34-36,42,45,47H,24-26,28,31-33H2,1-9H3,(H,60,67)(H,61,69)/t34-,35-,36-,42+,45-,47-/m0/s1. The molecule has 5 aromatic rings. The van der Waals surface area contributed by atoms with Crippen LogP contribution in [-0.4, -0.2) is 131 Å². The van der Waals surface area contributed by atoms with E-state index in [1.54, 1.807) is 89.5 Å². The molecule has 0 spiro atoms. The van der Waals surface area contributed by atoms with Gasteiger partial charge in [0, 0.05) is 80.4 Å². The van der Waals surface area contributed by atoms with Crippen molar-refractivity contribution >= 4 is 52.7 Å². The van der Waals surface area contributed by atoms with Crippen molar-refractivity contribution in [2.75, 3.05) is 41.9 Å². The van der Waals surface area contributed by atoms with Gasteiger partial charge in [0.1, 0.15) is 29.4 Å². The van der Waals surface area contributed by atoms with E-state index in [9.17, 15) is 24.4 Å². The zero-order valence-electron chi connectivity index (χ0n) is 42.9. The highest BCUT2D eigenvalue weighted by atomic mass is 35.5. The number of hydrogen-bond acceptors (Lipinski definition) is 10. The Morgan fingerprint density at radius 1 is 0.808 bits per heavy atom. The SMILES string of the molecule is COC[C@@H]1NC(=O)[C@H](C)N(Cc2ccc(Cl)cc2Oc2ccc(-c3cnc(CN(C)C)n3C)cc2)C(=O)C[C@@H](Cc2ccccc2C#N)C(=O)N(C)[C@@H](C)[C@H](C)NC(=O)C[C@H](Cc2ccc(Cl)cc2)N(C)C1=O. The second-order valence-corrected chi connectivity index (χ2v) is 19.9. The molecule has 1 saturated heterocycles. The van der Waals surface area contributed by atoms with Crippen molar-refractivity contribution in [2.24, 2.45) is 13.0 Å². The number of rotatable bonds is 13. The smallest absolute Gasteiger partial charge is 0.247 e. The monoisotopic (exact) mass is 1030 g/mol. The van der Waals surface area contributed by atoms with Gasteiger partial charge in [0.2, 0.25) is 29.5 Å². The Morgan fingerprint density at radius 2 is 1.49 bits per heavy atom. The van der Waals surface area contributed by atoms with Crippen LogP contribution in [0, 0.1) is 17.2 Å². The minimum Gasteiger partial charge on any atom is -0.457 e. The highest BCUT2D eigenvalue weighted by Gasteiger charge is 2.37. The van der Waals surface area contributed by atoms with Crippen LogP contribution in [0.4, 0.5) is 0 Å². The number of nitriles is 1. The van der Waals surface area contributed by atoms with Crippen LogP contribution in [0.25, 0.3) is 11.3 Å². The molecule has 1 aromatic heterocycles. The van der Waals surface area contributed by atoms with Crippen LogP contribution in [0.15, 0.2) is 97.2 Å². The first-order valence-corrected chi connectivity index (χ1v) is 24.9. The van der Waals surface area contributed by atoms with Crippen LogP contribution in [0.2, 0.25) is 10.0 Å². The molecule has 0 saturated carbocycles. The third-order valence-electron chi connectivity index (χ3n) is 13.6. The number of likely N-dealkylation sites (N-methyl/N-ethyl adjacent to an activating group) is 2. The van der Waals surface area contributed by atoms with E-state index < -0.39 is 59.8 Å². The van der Waals surface area contributed by atoms with Gasteiger partial charge in [-0.25, -0.2) is 4.98 Å². The van der Waals surface area contributed by atoms with Gasteiger partial charge in [-0.2, -0.15) is 5.26 Å². The molecule has 6 atom stereocenters. The fraction of sp³-hybridized carbons (Fsp3) is 0.400. The van der Waals surface area contributed by atoms with E-state index in [1.807, 2.05) is 73.2 Å². The summed E-state index contributed by atoms with van der Waals surface area (Å²) in [6, 6.07) is 24.3. The molecule has 2 N–H and O–H groups in total. The number of halogens is 2. The number of carbonyl (C=O) groups excluding carboxylic acids is 5. The number of imidazole rings is 1. The van der Waals surface area contributed by atoms with Crippen molar-refractivity contribution in [1.29, 1.82) is 5.26 Å². The lowest BCUT2D eigenvalue weighted by Gasteiger charge is -2.36. The Labute approximate surface area is 438 Å². The molecule has 1 fully saturated rings. The van der Waals surface area contributed by atoms with E-state index in [4.69, 9.17) is 32.7 Å². The third-order valence-corrected chi connectivity index (χ3v) is 14.0. The lowest BCUT2D eigenvalue weighted by Crippen LogP contribution is -2.58. The van der Waals surface area contributed by atoms with Gasteiger partial charge in [0.25, 0.3) is 0 Å². The zero-order valence-corrected chi connectivity index (χ0v) is 44.4. The maximum Gasteiger partial charge on any atom is 0.247 e. The van der Waals surface area contributed by atoms with E-state index in [2.05, 4.69) is 21.7 Å². The molecule has 0 radical (unpaired) electrons. The maximum absolute atomic E-state index is 15.2. The minimum atomic E-state index is -1.24. The van der Waals surface area contributed by atoms with Crippen molar-refractivity contribution in [1.82, 2.24) is 39.8 Å². The summed E-state index contributed by atoms with van der Waals surface area (Å²) in [6.45, 7) is 5.40. The Hall–Kier alpha value is -6.77. The summed E-state index contributed by atoms with van der Waals surface area (Å²) in [6.07, 6.45) is 1.63. The van der Waals surface area contributed by atoms with E-state index in [1.165, 1.54) is 21.8 Å². The summed E-state index contributed by atoms with van der Waals surface area (Å²) in [4.78, 5) is 84.1. The zero-order chi connectivity index (χ0) is 53.1. The summed E-state index contributed by atoms with van der Waals surface area (Å²) in [5.41, 5.74) is 4.06. The van der Waals surface area contributed by atoms with Crippen molar-refractivity contribution in [2.45, 2.75) is 89.8 Å². The second kappa shape index (κ2) is 25.3. The van der Waals surface area contributed by atoms with Crippen molar-refractivity contribution < 1.29 is 33.4 Å². The van der Waals surface area contributed by atoms with Crippen molar-refractivity contribution in [3.63, 3.8) is 0 Å². The van der Waals surface area contributed by atoms with E-state index in [0.29, 0.717) is 44.8 Å². The second-order valence-electron chi connectivity index (χ2n) is 19.0. The van der Waals surface area contributed by atoms with Crippen LogP contribution >= 0.6 is 23.2 Å². The molecule has 1 aliphatic rings. The van der Waals surface area contributed by atoms with Crippen LogP contribution < -0.4 is 15.4 Å². The number of hydrogen-bond donors (Lipinski definition) is 2. The van der Waals surface area contributed by atoms with Gasteiger partial charge in [0.05, 0.1) is 49.1 Å². The molecule has 0 unspecified atom stereocenters. The van der Waals surface area contributed by atoms with Gasteiger partial charge >= 0.3 is 0 Å². The average molecular weight is 1040 g/mol. The Morgan fingerprint density at radius 3 is 2.16 bits per heavy atom. The summed E-state index contributed by atoms with van der Waals surface area (Å²) in [7, 11) is 10.5. The normalized spacial score (nSPS) is 20.9. The predicted octanol–water partition coefficient (Wildman–Crippen LogP) is 7.04. The van der Waals surface area contributed by atoms with Crippen LogP contribution in [-0.2, 0) is 61.7 Å². The minimum absolute atomic E-state index is 0.0186. The summed E-state index contributed by atoms with van der Waals surface area (Å²) < 4.78 is 14.0.